The minimum Gasteiger partial charge on any atom is -0.474 e. The molecule has 0 bridgehead atoms. The van der Waals surface area contributed by atoms with Crippen molar-refractivity contribution in [1.82, 2.24) is 19.9 Å². The van der Waals surface area contributed by atoms with Crippen molar-refractivity contribution >= 4 is 40.1 Å². The van der Waals surface area contributed by atoms with E-state index in [1.54, 1.807) is 11.1 Å². The molecular formula is C48H56N8O2. The minimum atomic E-state index is 0.344. The van der Waals surface area contributed by atoms with Crippen LogP contribution in [0.25, 0.3) is 5.57 Å². The summed E-state index contributed by atoms with van der Waals surface area (Å²) in [6.45, 7) is 15.3. The van der Waals surface area contributed by atoms with Gasteiger partial charge in [-0.05, 0) is 129 Å². The molecule has 2 aromatic carbocycles. The monoisotopic (exact) mass is 776 g/mol. The molecule has 10 nitrogen and oxygen atoms in total. The van der Waals surface area contributed by atoms with E-state index in [1.807, 2.05) is 12.4 Å². The molecule has 10 heteroatoms. The highest BCUT2D eigenvalue weighted by Crippen LogP contribution is 2.45. The minimum absolute atomic E-state index is 0.344. The quantitative estimate of drug-likeness (QED) is 0.170. The number of aromatic nitrogens is 3. The van der Waals surface area contributed by atoms with Gasteiger partial charge in [0.25, 0.3) is 0 Å². The number of rotatable bonds is 8. The largest absolute Gasteiger partial charge is 0.474 e. The Hall–Kier alpha value is -5.22. The average Bonchev–Trinajstić information content (AvgIpc) is 3.69. The number of ether oxygens (including phenoxy) is 1. The molecule has 4 aliphatic heterocycles. The maximum absolute atomic E-state index is 12.0. The Labute approximate surface area is 342 Å². The SMILES string of the molecule is C=C1CC(=O)CCC1C1=CCc2c1cccc2C1CCN(CC2CCN(c3ccc(Nc4ncc5c(n4)CN(c4cnc6c(c4C)NCCO6)CC5)cc3)CC2)CC1. The van der Waals surface area contributed by atoms with Crippen molar-refractivity contribution in [2.24, 2.45) is 11.8 Å². The Bertz CT molecular complexity index is 2230. The van der Waals surface area contributed by atoms with E-state index in [4.69, 9.17) is 9.72 Å². The van der Waals surface area contributed by atoms with Crippen molar-refractivity contribution in [2.75, 3.05) is 72.9 Å². The Morgan fingerprint density at radius 1 is 0.931 bits per heavy atom. The lowest BCUT2D eigenvalue weighted by molar-refractivity contribution is -0.119. The van der Waals surface area contributed by atoms with E-state index in [1.165, 1.54) is 73.3 Å². The van der Waals surface area contributed by atoms with E-state index >= 15 is 0 Å². The standard InChI is InChI=1S/C48H56N8O2/c1-31-26-38(57)10-11-39(31)42-12-13-43-40(4-3-5-41(42)43)34-16-20-54(21-17-34)29-33-14-22-55(23-15-33)37-8-6-36(7-9-37)52-48-51-27-35-18-24-56(30-44(35)53-48)45-28-50-47-46(32(45)2)49-19-25-58-47/h3-9,12,27-28,33-34,39,49H,1,10-11,13-26,29-30H2,2H3,(H,51,52,53). The third-order valence-electron chi connectivity index (χ3n) is 13.9. The van der Waals surface area contributed by atoms with Gasteiger partial charge in [-0.1, -0.05) is 36.4 Å². The molecule has 4 aromatic rings. The molecule has 10 rings (SSSR count). The van der Waals surface area contributed by atoms with Crippen molar-refractivity contribution in [1.29, 1.82) is 0 Å². The average molecular weight is 777 g/mol. The number of pyridine rings is 1. The summed E-state index contributed by atoms with van der Waals surface area (Å²) in [4.78, 5) is 33.9. The van der Waals surface area contributed by atoms with Crippen LogP contribution >= 0.6 is 0 Å². The Balaban J connectivity index is 0.695. The van der Waals surface area contributed by atoms with Gasteiger partial charge in [0.15, 0.2) is 0 Å². The molecule has 0 amide bonds. The number of piperidine rings is 2. The number of carbonyl (C=O) groups excluding carboxylic acids is 1. The van der Waals surface area contributed by atoms with Crippen LogP contribution in [-0.2, 0) is 24.2 Å². The highest BCUT2D eigenvalue weighted by molar-refractivity contribution is 5.86. The molecule has 6 aliphatic rings. The third kappa shape index (κ3) is 7.36. The number of fused-ring (bicyclic) bond motifs is 3. The maximum Gasteiger partial charge on any atom is 0.237 e. The van der Waals surface area contributed by atoms with Gasteiger partial charge in [0.2, 0.25) is 11.8 Å². The van der Waals surface area contributed by atoms with Crippen molar-refractivity contribution < 1.29 is 9.53 Å². The van der Waals surface area contributed by atoms with Crippen LogP contribution in [0.5, 0.6) is 5.88 Å². The number of carbonyl (C=O) groups is 1. The van der Waals surface area contributed by atoms with Crippen LogP contribution in [0.15, 0.2) is 73.1 Å². The number of anilines is 5. The first kappa shape index (κ1) is 37.1. The van der Waals surface area contributed by atoms with Gasteiger partial charge in [-0.25, -0.2) is 15.0 Å². The molecule has 300 valence electrons. The van der Waals surface area contributed by atoms with Crippen LogP contribution in [0.1, 0.15) is 84.4 Å². The Kier molecular flexibility index (Phi) is 10.1. The van der Waals surface area contributed by atoms with Gasteiger partial charge in [0.05, 0.1) is 24.1 Å². The zero-order valence-electron chi connectivity index (χ0n) is 33.9. The fourth-order valence-electron chi connectivity index (χ4n) is 10.6. The van der Waals surface area contributed by atoms with Gasteiger partial charge >= 0.3 is 0 Å². The molecule has 3 fully saturated rings. The lowest BCUT2D eigenvalue weighted by Gasteiger charge is -2.38. The van der Waals surface area contributed by atoms with Crippen LogP contribution in [0, 0.1) is 18.8 Å². The van der Waals surface area contributed by atoms with E-state index in [2.05, 4.69) is 97.3 Å². The number of nitrogens with zero attached hydrogens (tertiary/aromatic N) is 6. The summed E-state index contributed by atoms with van der Waals surface area (Å²) >= 11 is 0. The smallest absolute Gasteiger partial charge is 0.237 e. The topological polar surface area (TPSA) is 98.8 Å². The summed E-state index contributed by atoms with van der Waals surface area (Å²) in [6.07, 6.45) is 15.4. The fourth-order valence-corrected chi connectivity index (χ4v) is 10.6. The predicted octanol–water partition coefficient (Wildman–Crippen LogP) is 8.25. The molecule has 2 saturated heterocycles. The lowest BCUT2D eigenvalue weighted by Crippen LogP contribution is -2.41. The first-order valence-electron chi connectivity index (χ1n) is 21.8. The van der Waals surface area contributed by atoms with E-state index in [-0.39, 0.29) is 0 Å². The summed E-state index contributed by atoms with van der Waals surface area (Å²) in [5.74, 6) is 3.41. The van der Waals surface area contributed by atoms with E-state index in [0.717, 1.165) is 86.2 Å². The van der Waals surface area contributed by atoms with Crippen LogP contribution < -0.4 is 25.2 Å². The number of likely N-dealkylation sites (tertiary alicyclic amines) is 1. The maximum atomic E-state index is 12.0. The zero-order chi connectivity index (χ0) is 39.2. The third-order valence-corrected chi connectivity index (χ3v) is 13.9. The Morgan fingerprint density at radius 2 is 1.78 bits per heavy atom. The molecule has 2 N–H and O–H groups in total. The van der Waals surface area contributed by atoms with Crippen LogP contribution in [0.2, 0.25) is 0 Å². The number of hydrogen-bond donors (Lipinski definition) is 2. The summed E-state index contributed by atoms with van der Waals surface area (Å²) in [6, 6.07) is 15.8. The van der Waals surface area contributed by atoms with Crippen LogP contribution in [0.4, 0.5) is 28.7 Å². The van der Waals surface area contributed by atoms with E-state index < -0.39 is 0 Å². The zero-order valence-corrected chi connectivity index (χ0v) is 33.9. The molecule has 1 unspecified atom stereocenters. The molecule has 6 heterocycles. The fraction of sp³-hybridized carbons (Fsp3) is 0.458. The number of ketones is 1. The normalized spacial score (nSPS) is 21.5. The molecule has 2 aliphatic carbocycles. The summed E-state index contributed by atoms with van der Waals surface area (Å²) in [5.41, 5.74) is 14.9. The van der Waals surface area contributed by atoms with E-state index in [9.17, 15) is 4.79 Å². The molecule has 1 atom stereocenters. The summed E-state index contributed by atoms with van der Waals surface area (Å²) in [7, 11) is 0. The highest BCUT2D eigenvalue weighted by atomic mass is 16.5. The molecular weight excluding hydrogens is 721 g/mol. The highest BCUT2D eigenvalue weighted by Gasteiger charge is 2.32. The molecule has 0 radical (unpaired) electrons. The first-order chi connectivity index (χ1) is 28.4. The summed E-state index contributed by atoms with van der Waals surface area (Å²) in [5, 5.41) is 6.93. The summed E-state index contributed by atoms with van der Waals surface area (Å²) < 4.78 is 5.75. The Morgan fingerprint density at radius 3 is 2.60 bits per heavy atom. The van der Waals surface area contributed by atoms with Gasteiger partial charge < -0.3 is 30.1 Å². The number of Topliss-reactive ketones (excluding diaryl/α,β-unsaturated/α-hetero) is 1. The predicted molar refractivity (Wildman–Crippen MR) is 232 cm³/mol. The molecule has 0 spiro atoms. The van der Waals surface area contributed by atoms with Gasteiger partial charge in [0, 0.05) is 74.6 Å². The van der Waals surface area contributed by atoms with Crippen molar-refractivity contribution in [3.63, 3.8) is 0 Å². The van der Waals surface area contributed by atoms with E-state index in [0.29, 0.717) is 48.9 Å². The van der Waals surface area contributed by atoms with Crippen LogP contribution in [0.3, 0.4) is 0 Å². The molecule has 2 aromatic heterocycles. The number of allylic oxidation sites excluding steroid dienone is 3. The second kappa shape index (κ2) is 15.9. The van der Waals surface area contributed by atoms with Crippen molar-refractivity contribution in [3.05, 3.63) is 107 Å². The van der Waals surface area contributed by atoms with Gasteiger partial charge in [-0.15, -0.1) is 0 Å². The number of nitrogens with one attached hydrogen (secondary N) is 2. The first-order valence-corrected chi connectivity index (χ1v) is 21.8. The number of benzene rings is 2. The van der Waals surface area contributed by atoms with Gasteiger partial charge in [-0.3, -0.25) is 4.79 Å². The van der Waals surface area contributed by atoms with Gasteiger partial charge in [0.1, 0.15) is 18.1 Å². The second-order valence-electron chi connectivity index (χ2n) is 17.4. The van der Waals surface area contributed by atoms with Crippen LogP contribution in [-0.4, -0.2) is 78.1 Å². The molecule has 58 heavy (non-hydrogen) atoms. The lowest BCUT2D eigenvalue weighted by atomic mass is 9.77. The number of hydrogen-bond acceptors (Lipinski definition) is 10. The van der Waals surface area contributed by atoms with Crippen molar-refractivity contribution in [2.45, 2.75) is 77.2 Å². The second-order valence-corrected chi connectivity index (χ2v) is 17.4. The molecule has 1 saturated carbocycles. The van der Waals surface area contributed by atoms with Gasteiger partial charge in [-0.2, -0.15) is 0 Å². The van der Waals surface area contributed by atoms with Crippen molar-refractivity contribution in [3.8, 4) is 5.88 Å².